The van der Waals surface area contributed by atoms with Crippen LogP contribution in [0.5, 0.6) is 0 Å². The summed E-state index contributed by atoms with van der Waals surface area (Å²) in [6, 6.07) is 7.04. The number of nitrogens with zero attached hydrogens (tertiary/aromatic N) is 2. The maximum atomic E-state index is 13.5. The fourth-order valence-corrected chi connectivity index (χ4v) is 2.15. The smallest absolute Gasteiger partial charge is 0.192 e. The largest absolute Gasteiger partial charge is 0.310 e. The highest BCUT2D eigenvalue weighted by atomic mass is 32.2. The molecule has 0 saturated heterocycles. The van der Waals surface area contributed by atoms with Gasteiger partial charge in [0.25, 0.3) is 0 Å². The molecule has 2 aromatic rings. The van der Waals surface area contributed by atoms with Crippen LogP contribution in [0.15, 0.2) is 46.7 Å². The van der Waals surface area contributed by atoms with Crippen LogP contribution < -0.4 is 5.32 Å². The van der Waals surface area contributed by atoms with E-state index < -0.39 is 0 Å². The van der Waals surface area contributed by atoms with Crippen LogP contribution in [0.2, 0.25) is 0 Å². The quantitative estimate of drug-likeness (QED) is 0.851. The van der Waals surface area contributed by atoms with Crippen molar-refractivity contribution in [3.05, 3.63) is 48.0 Å². The summed E-state index contributed by atoms with van der Waals surface area (Å²) in [4.78, 5) is 9.01. The van der Waals surface area contributed by atoms with E-state index in [1.54, 1.807) is 30.6 Å². The number of rotatable bonds is 5. The summed E-state index contributed by atoms with van der Waals surface area (Å²) in [5.41, 5.74) is 1.02. The standard InChI is InChI=1S/C14H16FN3S/c1-10(2)16-7-11-8-17-14(18-9-11)19-13-6-4-3-5-12(13)15/h3-6,8-10,16H,7H2,1-2H3. The number of aromatic nitrogens is 2. The van der Waals surface area contributed by atoms with Crippen molar-refractivity contribution in [1.29, 1.82) is 0 Å². The summed E-state index contributed by atoms with van der Waals surface area (Å²) in [7, 11) is 0. The molecular formula is C14H16FN3S. The normalized spacial score (nSPS) is 10.9. The summed E-state index contributed by atoms with van der Waals surface area (Å²) in [6.45, 7) is 4.91. The molecule has 0 radical (unpaired) electrons. The fraction of sp³-hybridized carbons (Fsp3) is 0.286. The zero-order valence-corrected chi connectivity index (χ0v) is 11.7. The number of halogens is 1. The highest BCUT2D eigenvalue weighted by molar-refractivity contribution is 7.99. The van der Waals surface area contributed by atoms with Gasteiger partial charge in [-0.15, -0.1) is 0 Å². The molecule has 1 heterocycles. The molecule has 2 rings (SSSR count). The Morgan fingerprint density at radius 3 is 2.53 bits per heavy atom. The van der Waals surface area contributed by atoms with Crippen molar-refractivity contribution < 1.29 is 4.39 Å². The number of benzene rings is 1. The van der Waals surface area contributed by atoms with Gasteiger partial charge < -0.3 is 5.32 Å². The molecule has 0 bridgehead atoms. The summed E-state index contributed by atoms with van der Waals surface area (Å²) in [6.07, 6.45) is 3.54. The molecule has 5 heteroatoms. The van der Waals surface area contributed by atoms with Gasteiger partial charge in [0.2, 0.25) is 0 Å². The molecule has 0 amide bonds. The molecule has 0 unspecified atom stereocenters. The topological polar surface area (TPSA) is 37.8 Å². The molecule has 0 aliphatic rings. The Balaban J connectivity index is 2.01. The number of hydrogen-bond acceptors (Lipinski definition) is 4. The monoisotopic (exact) mass is 277 g/mol. The number of hydrogen-bond donors (Lipinski definition) is 1. The highest BCUT2D eigenvalue weighted by Crippen LogP contribution is 2.26. The van der Waals surface area contributed by atoms with E-state index >= 15 is 0 Å². The van der Waals surface area contributed by atoms with Crippen LogP contribution in [-0.4, -0.2) is 16.0 Å². The van der Waals surface area contributed by atoms with Gasteiger partial charge in [-0.1, -0.05) is 26.0 Å². The van der Waals surface area contributed by atoms with Gasteiger partial charge in [-0.25, -0.2) is 14.4 Å². The lowest BCUT2D eigenvalue weighted by atomic mass is 10.3. The van der Waals surface area contributed by atoms with Crippen LogP contribution >= 0.6 is 11.8 Å². The van der Waals surface area contributed by atoms with E-state index in [0.717, 1.165) is 12.1 Å². The Labute approximate surface area is 116 Å². The summed E-state index contributed by atoms with van der Waals surface area (Å²) >= 11 is 1.23. The lowest BCUT2D eigenvalue weighted by Gasteiger charge is -2.07. The Morgan fingerprint density at radius 1 is 1.21 bits per heavy atom. The predicted octanol–water partition coefficient (Wildman–Crippen LogP) is 3.26. The van der Waals surface area contributed by atoms with Gasteiger partial charge in [-0.05, 0) is 23.9 Å². The van der Waals surface area contributed by atoms with E-state index in [4.69, 9.17) is 0 Å². The lowest BCUT2D eigenvalue weighted by Crippen LogP contribution is -2.21. The molecule has 0 atom stereocenters. The maximum Gasteiger partial charge on any atom is 0.192 e. The molecule has 100 valence electrons. The fourth-order valence-electron chi connectivity index (χ4n) is 1.43. The SMILES string of the molecule is CC(C)NCc1cnc(Sc2ccccc2F)nc1. The van der Waals surface area contributed by atoms with Crippen LogP contribution in [0.25, 0.3) is 0 Å². The van der Waals surface area contributed by atoms with Crippen molar-refractivity contribution in [2.45, 2.75) is 36.5 Å². The molecule has 19 heavy (non-hydrogen) atoms. The first-order chi connectivity index (χ1) is 9.15. The molecule has 1 aromatic carbocycles. The predicted molar refractivity (Wildman–Crippen MR) is 74.5 cm³/mol. The Bertz CT molecular complexity index is 528. The van der Waals surface area contributed by atoms with Crippen molar-refractivity contribution in [2.75, 3.05) is 0 Å². The van der Waals surface area contributed by atoms with Gasteiger partial charge in [-0.3, -0.25) is 0 Å². The van der Waals surface area contributed by atoms with Crippen molar-refractivity contribution >= 4 is 11.8 Å². The summed E-state index contributed by atoms with van der Waals surface area (Å²) in [5, 5.41) is 3.85. The molecule has 1 aromatic heterocycles. The third kappa shape index (κ3) is 4.29. The Morgan fingerprint density at radius 2 is 1.89 bits per heavy atom. The maximum absolute atomic E-state index is 13.5. The van der Waals surface area contributed by atoms with Gasteiger partial charge in [-0.2, -0.15) is 0 Å². The second kappa shape index (κ2) is 6.63. The second-order valence-electron chi connectivity index (χ2n) is 4.44. The van der Waals surface area contributed by atoms with E-state index in [1.807, 2.05) is 0 Å². The molecule has 3 nitrogen and oxygen atoms in total. The zero-order valence-electron chi connectivity index (χ0n) is 10.9. The van der Waals surface area contributed by atoms with E-state index in [9.17, 15) is 4.39 Å². The van der Waals surface area contributed by atoms with Gasteiger partial charge in [0.05, 0.1) is 4.90 Å². The highest BCUT2D eigenvalue weighted by Gasteiger charge is 2.05. The van der Waals surface area contributed by atoms with E-state index in [-0.39, 0.29) is 5.82 Å². The van der Waals surface area contributed by atoms with Crippen molar-refractivity contribution in [3.8, 4) is 0 Å². The first kappa shape index (κ1) is 14.0. The van der Waals surface area contributed by atoms with Gasteiger partial charge >= 0.3 is 0 Å². The third-order valence-corrected chi connectivity index (χ3v) is 3.38. The van der Waals surface area contributed by atoms with Crippen molar-refractivity contribution in [1.82, 2.24) is 15.3 Å². The van der Waals surface area contributed by atoms with Crippen LogP contribution in [0.4, 0.5) is 4.39 Å². The molecule has 0 aliphatic carbocycles. The van der Waals surface area contributed by atoms with Gasteiger partial charge in [0.15, 0.2) is 5.16 Å². The third-order valence-electron chi connectivity index (χ3n) is 2.43. The number of nitrogens with one attached hydrogen (secondary N) is 1. The minimum absolute atomic E-state index is 0.248. The van der Waals surface area contributed by atoms with Crippen LogP contribution in [0, 0.1) is 5.82 Å². The summed E-state index contributed by atoms with van der Waals surface area (Å²) < 4.78 is 13.5. The lowest BCUT2D eigenvalue weighted by molar-refractivity contribution is 0.585. The summed E-state index contributed by atoms with van der Waals surface area (Å²) in [5.74, 6) is -0.248. The van der Waals surface area contributed by atoms with E-state index in [0.29, 0.717) is 16.1 Å². The zero-order chi connectivity index (χ0) is 13.7. The van der Waals surface area contributed by atoms with Gasteiger partial charge in [0, 0.05) is 30.5 Å². The molecule has 0 spiro atoms. The molecule has 0 fully saturated rings. The Hall–Kier alpha value is -1.46. The van der Waals surface area contributed by atoms with Crippen molar-refractivity contribution in [3.63, 3.8) is 0 Å². The molecule has 0 aliphatic heterocycles. The van der Waals surface area contributed by atoms with E-state index in [2.05, 4.69) is 29.1 Å². The molecular weight excluding hydrogens is 261 g/mol. The van der Waals surface area contributed by atoms with Crippen LogP contribution in [0.3, 0.4) is 0 Å². The van der Waals surface area contributed by atoms with Crippen LogP contribution in [-0.2, 0) is 6.54 Å². The van der Waals surface area contributed by atoms with Gasteiger partial charge in [0.1, 0.15) is 5.82 Å². The Kier molecular flexibility index (Phi) is 4.87. The van der Waals surface area contributed by atoms with Crippen molar-refractivity contribution in [2.24, 2.45) is 0 Å². The minimum Gasteiger partial charge on any atom is -0.310 e. The average molecular weight is 277 g/mol. The first-order valence-electron chi connectivity index (χ1n) is 6.12. The van der Waals surface area contributed by atoms with Crippen LogP contribution in [0.1, 0.15) is 19.4 Å². The second-order valence-corrected chi connectivity index (χ2v) is 5.45. The molecule has 1 N–H and O–H groups in total. The first-order valence-corrected chi connectivity index (χ1v) is 6.93. The van der Waals surface area contributed by atoms with E-state index in [1.165, 1.54) is 17.8 Å². The molecule has 0 saturated carbocycles. The minimum atomic E-state index is -0.248. The average Bonchev–Trinajstić information content (AvgIpc) is 2.40.